The molecule has 0 saturated heterocycles. The Balaban J connectivity index is 1.22. The lowest BCUT2D eigenvalue weighted by molar-refractivity contribution is -0.202. The molecule has 0 spiro atoms. The first-order valence-electron chi connectivity index (χ1n) is 16.8. The number of benzene rings is 1. The number of aliphatic hydroxyl groups is 1. The summed E-state index contributed by atoms with van der Waals surface area (Å²) in [5.74, 6) is 0.356. The molecule has 44 heavy (non-hydrogen) atoms. The number of carbonyl (C=O) groups is 2. The van der Waals surface area contributed by atoms with E-state index in [2.05, 4.69) is 64.8 Å². The van der Waals surface area contributed by atoms with E-state index in [4.69, 9.17) is 0 Å². The molecule has 1 heterocycles. The van der Waals surface area contributed by atoms with Gasteiger partial charge in [0.25, 0.3) is 0 Å². The molecule has 7 rings (SSSR count). The van der Waals surface area contributed by atoms with Crippen LogP contribution in [0.1, 0.15) is 106 Å². The SMILES string of the molecule is CC1(C)[C@@H](O)CC[C@]2(C)[C@H]3C(=O)C=C4[C@@H]5C[C@@](C)(C(=O)Nc6nc7ccc(F)cc7s6)CC[C@]5(C)CC[C@@]4(C)[C@]3(C)CC[C@@H]12. The lowest BCUT2D eigenvalue weighted by Crippen LogP contribution is -2.66. The summed E-state index contributed by atoms with van der Waals surface area (Å²) in [6.45, 7) is 16.1. The van der Waals surface area contributed by atoms with Crippen LogP contribution in [0.2, 0.25) is 0 Å². The third kappa shape index (κ3) is 3.99. The molecule has 5 aliphatic rings. The van der Waals surface area contributed by atoms with Gasteiger partial charge in [-0.15, -0.1) is 0 Å². The predicted octanol–water partition coefficient (Wildman–Crippen LogP) is 8.72. The van der Waals surface area contributed by atoms with Crippen LogP contribution in [0, 0.1) is 56.1 Å². The summed E-state index contributed by atoms with van der Waals surface area (Å²) in [6.07, 6.45) is 10.0. The average molecular weight is 621 g/mol. The van der Waals surface area contributed by atoms with Gasteiger partial charge in [0.1, 0.15) is 5.82 Å². The van der Waals surface area contributed by atoms with Crippen molar-refractivity contribution in [1.29, 1.82) is 0 Å². The van der Waals surface area contributed by atoms with Crippen LogP contribution in [0.4, 0.5) is 9.52 Å². The number of rotatable bonds is 2. The van der Waals surface area contributed by atoms with Crippen molar-refractivity contribution in [1.82, 2.24) is 4.98 Å². The standard InChI is InChI=1S/C37H49FN2O3S/c1-32(2)27-10-13-37(7)29(35(27,5)12-11-28(32)42)25(41)19-22-23-20-34(4,15-14-33(23,3)16-17-36(22,37)6)30(43)40-31-39-24-9-8-21(38)18-26(24)44-31/h8-9,18-19,23,27-29,42H,10-17,20H2,1-7H3,(H,39,40,43)/t23-,27-,28-,29+,33+,34-,35-,36+,37+/m0/s1. The van der Waals surface area contributed by atoms with E-state index in [-0.39, 0.29) is 62.5 Å². The number of carbonyl (C=O) groups excluding carboxylic acids is 2. The number of nitrogens with zero attached hydrogens (tertiary/aromatic N) is 1. The molecule has 5 nitrogen and oxygen atoms in total. The number of hydrogen-bond acceptors (Lipinski definition) is 5. The van der Waals surface area contributed by atoms with E-state index in [0.29, 0.717) is 23.0 Å². The lowest BCUT2D eigenvalue weighted by Gasteiger charge is -2.70. The van der Waals surface area contributed by atoms with Gasteiger partial charge in [0.15, 0.2) is 10.9 Å². The Morgan fingerprint density at radius 2 is 1.73 bits per heavy atom. The van der Waals surface area contributed by atoms with E-state index in [1.807, 2.05) is 0 Å². The molecule has 2 N–H and O–H groups in total. The molecule has 5 aliphatic carbocycles. The van der Waals surface area contributed by atoms with E-state index in [0.717, 1.165) is 56.1 Å². The number of allylic oxidation sites excluding steroid dienone is 2. The van der Waals surface area contributed by atoms with Crippen LogP contribution in [0.15, 0.2) is 29.8 Å². The molecular weight excluding hydrogens is 571 g/mol. The molecular formula is C37H49FN2O3S. The third-order valence-electron chi connectivity index (χ3n) is 14.7. The second kappa shape index (κ2) is 9.47. The third-order valence-corrected chi connectivity index (χ3v) is 15.6. The second-order valence-electron chi connectivity index (χ2n) is 17.2. The molecule has 0 unspecified atom stereocenters. The molecule has 1 aromatic heterocycles. The fourth-order valence-electron chi connectivity index (χ4n) is 11.6. The molecule has 2 aromatic rings. The summed E-state index contributed by atoms with van der Waals surface area (Å²) in [4.78, 5) is 33.1. The summed E-state index contributed by atoms with van der Waals surface area (Å²) in [5.41, 5.74) is 0.813. The van der Waals surface area contributed by atoms with Gasteiger partial charge in [0, 0.05) is 11.3 Å². The zero-order chi connectivity index (χ0) is 31.7. The zero-order valence-electron chi connectivity index (χ0n) is 27.5. The van der Waals surface area contributed by atoms with Gasteiger partial charge < -0.3 is 10.4 Å². The minimum atomic E-state index is -0.597. The summed E-state index contributed by atoms with van der Waals surface area (Å²) in [6, 6.07) is 4.51. The van der Waals surface area contributed by atoms with Gasteiger partial charge in [-0.05, 0) is 121 Å². The molecule has 4 saturated carbocycles. The Morgan fingerprint density at radius 1 is 1.00 bits per heavy atom. The van der Waals surface area contributed by atoms with Gasteiger partial charge in [-0.3, -0.25) is 9.59 Å². The summed E-state index contributed by atoms with van der Waals surface area (Å²) >= 11 is 1.31. The van der Waals surface area contributed by atoms with Crippen LogP contribution in [-0.2, 0) is 9.59 Å². The number of fused-ring (bicyclic) bond motifs is 8. The van der Waals surface area contributed by atoms with Crippen molar-refractivity contribution in [2.45, 2.75) is 112 Å². The van der Waals surface area contributed by atoms with Crippen molar-refractivity contribution in [2.24, 2.45) is 50.2 Å². The first-order chi connectivity index (χ1) is 20.5. The van der Waals surface area contributed by atoms with Gasteiger partial charge in [-0.2, -0.15) is 0 Å². The molecule has 0 bridgehead atoms. The van der Waals surface area contributed by atoms with Crippen LogP contribution < -0.4 is 5.32 Å². The van der Waals surface area contributed by atoms with Crippen LogP contribution in [0.3, 0.4) is 0 Å². The number of amides is 1. The number of aromatic nitrogens is 1. The van der Waals surface area contributed by atoms with Crippen LogP contribution in [-0.4, -0.2) is 27.9 Å². The van der Waals surface area contributed by atoms with E-state index in [9.17, 15) is 19.1 Å². The normalized spacial score (nSPS) is 44.6. The number of ketones is 1. The molecule has 1 aromatic carbocycles. The summed E-state index contributed by atoms with van der Waals surface area (Å²) in [5, 5.41) is 14.6. The fourth-order valence-corrected chi connectivity index (χ4v) is 12.5. The van der Waals surface area contributed by atoms with Crippen molar-refractivity contribution < 1.29 is 19.1 Å². The van der Waals surface area contributed by atoms with Crippen molar-refractivity contribution in [2.75, 3.05) is 5.32 Å². The van der Waals surface area contributed by atoms with Gasteiger partial charge >= 0.3 is 0 Å². The Bertz CT molecular complexity index is 1600. The quantitative estimate of drug-likeness (QED) is 0.352. The van der Waals surface area contributed by atoms with Crippen LogP contribution in [0.25, 0.3) is 10.2 Å². The van der Waals surface area contributed by atoms with Gasteiger partial charge in [-0.1, -0.05) is 65.4 Å². The molecule has 7 heteroatoms. The van der Waals surface area contributed by atoms with Crippen LogP contribution >= 0.6 is 11.3 Å². The highest BCUT2D eigenvalue weighted by atomic mass is 32.1. The maximum Gasteiger partial charge on any atom is 0.232 e. The maximum absolute atomic E-state index is 14.6. The van der Waals surface area contributed by atoms with Crippen molar-refractivity contribution in [3.05, 3.63) is 35.7 Å². The zero-order valence-corrected chi connectivity index (χ0v) is 28.3. The van der Waals surface area contributed by atoms with Crippen LogP contribution in [0.5, 0.6) is 0 Å². The van der Waals surface area contributed by atoms with Crippen molar-refractivity contribution in [3.63, 3.8) is 0 Å². The smallest absolute Gasteiger partial charge is 0.232 e. The van der Waals surface area contributed by atoms with Gasteiger partial charge in [-0.25, -0.2) is 9.37 Å². The van der Waals surface area contributed by atoms with E-state index in [1.54, 1.807) is 6.07 Å². The van der Waals surface area contributed by atoms with Crippen molar-refractivity contribution >= 4 is 38.4 Å². The Hall–Kier alpha value is -2.12. The molecule has 9 atom stereocenters. The van der Waals surface area contributed by atoms with Gasteiger partial charge in [0.2, 0.25) is 5.91 Å². The van der Waals surface area contributed by atoms with E-state index in [1.165, 1.54) is 29.0 Å². The molecule has 4 fully saturated rings. The number of aliphatic hydroxyl groups excluding tert-OH is 1. The fraction of sp³-hybridized carbons (Fsp3) is 0.703. The number of hydrogen-bond donors (Lipinski definition) is 2. The topological polar surface area (TPSA) is 79.3 Å². The largest absolute Gasteiger partial charge is 0.393 e. The highest BCUT2D eigenvalue weighted by Gasteiger charge is 2.70. The second-order valence-corrected chi connectivity index (χ2v) is 18.2. The maximum atomic E-state index is 14.6. The minimum Gasteiger partial charge on any atom is -0.393 e. The first-order valence-corrected chi connectivity index (χ1v) is 17.6. The highest BCUT2D eigenvalue weighted by molar-refractivity contribution is 7.22. The van der Waals surface area contributed by atoms with E-state index >= 15 is 0 Å². The van der Waals surface area contributed by atoms with Crippen molar-refractivity contribution in [3.8, 4) is 0 Å². The lowest BCUT2D eigenvalue weighted by atomic mass is 9.33. The molecule has 0 radical (unpaired) electrons. The summed E-state index contributed by atoms with van der Waals surface area (Å²) < 4.78 is 14.5. The monoisotopic (exact) mass is 620 g/mol. The van der Waals surface area contributed by atoms with E-state index < -0.39 is 5.41 Å². The number of anilines is 1. The molecule has 238 valence electrons. The Morgan fingerprint density at radius 3 is 2.48 bits per heavy atom. The number of halogens is 1. The summed E-state index contributed by atoms with van der Waals surface area (Å²) in [7, 11) is 0. The first kappa shape index (κ1) is 30.5. The molecule has 0 aliphatic heterocycles. The molecule has 1 amide bonds. The number of thiazole rings is 1. The predicted molar refractivity (Wildman–Crippen MR) is 174 cm³/mol. The Kier molecular flexibility index (Phi) is 6.57. The average Bonchev–Trinajstić information content (AvgIpc) is 3.34. The highest BCUT2D eigenvalue weighted by Crippen LogP contribution is 2.75. The van der Waals surface area contributed by atoms with Gasteiger partial charge in [0.05, 0.1) is 16.3 Å². The Labute approximate surface area is 265 Å². The minimum absolute atomic E-state index is 0.0332. The number of nitrogens with one attached hydrogen (secondary N) is 1.